The smallest absolute Gasteiger partial charge is 0.155 e. The van der Waals surface area contributed by atoms with Crippen LogP contribution in [0.15, 0.2) is 11.6 Å². The fourth-order valence-corrected chi connectivity index (χ4v) is 2.29. The number of allylic oxidation sites excluding steroid dienone is 2. The van der Waals surface area contributed by atoms with Gasteiger partial charge in [0, 0.05) is 18.3 Å². The minimum absolute atomic E-state index is 0.0847. The van der Waals surface area contributed by atoms with Crippen LogP contribution in [0.25, 0.3) is 0 Å². The van der Waals surface area contributed by atoms with Gasteiger partial charge in [-0.05, 0) is 25.3 Å². The molecule has 2 aliphatic rings. The average molecular weight is 178 g/mol. The molecule has 0 saturated heterocycles. The Balaban J connectivity index is 2.26. The van der Waals surface area contributed by atoms with Crippen molar-refractivity contribution in [3.05, 3.63) is 11.6 Å². The quantitative estimate of drug-likeness (QED) is 0.567. The van der Waals surface area contributed by atoms with Gasteiger partial charge < -0.3 is 0 Å². The molecule has 2 rings (SSSR count). The molecule has 70 valence electrons. The first-order valence-corrected chi connectivity index (χ1v) is 4.95. The zero-order valence-corrected chi connectivity index (χ0v) is 7.88. The second-order valence-electron chi connectivity index (χ2n) is 4.12. The number of rotatable bonds is 0. The highest BCUT2D eigenvalue weighted by Crippen LogP contribution is 2.35. The molecule has 1 saturated carbocycles. The molecule has 1 fully saturated rings. The van der Waals surface area contributed by atoms with Crippen LogP contribution in [-0.4, -0.2) is 11.6 Å². The van der Waals surface area contributed by atoms with Crippen LogP contribution >= 0.6 is 0 Å². The largest absolute Gasteiger partial charge is 0.299 e. The van der Waals surface area contributed by atoms with E-state index in [0.717, 1.165) is 24.8 Å². The SMILES string of the molecule is CC1CCC2=CC(=O)CCC2C1=O. The van der Waals surface area contributed by atoms with E-state index < -0.39 is 0 Å². The van der Waals surface area contributed by atoms with Crippen LogP contribution in [0.4, 0.5) is 0 Å². The lowest BCUT2D eigenvalue weighted by molar-refractivity contribution is -0.127. The van der Waals surface area contributed by atoms with Gasteiger partial charge in [-0.2, -0.15) is 0 Å². The van der Waals surface area contributed by atoms with E-state index in [-0.39, 0.29) is 17.6 Å². The summed E-state index contributed by atoms with van der Waals surface area (Å²) in [7, 11) is 0. The van der Waals surface area contributed by atoms with E-state index in [4.69, 9.17) is 0 Å². The standard InChI is InChI=1S/C11H14O2/c1-7-2-3-8-6-9(12)4-5-10(8)11(7)13/h6-7,10H,2-5H2,1H3. The van der Waals surface area contributed by atoms with Crippen molar-refractivity contribution in [3.8, 4) is 0 Å². The van der Waals surface area contributed by atoms with E-state index in [9.17, 15) is 9.59 Å². The highest BCUT2D eigenvalue weighted by molar-refractivity contribution is 5.96. The summed E-state index contributed by atoms with van der Waals surface area (Å²) in [6.07, 6.45) is 4.90. The molecule has 0 spiro atoms. The number of Topliss-reactive ketones (excluding diaryl/α,β-unsaturated/α-hetero) is 1. The van der Waals surface area contributed by atoms with E-state index in [1.165, 1.54) is 0 Å². The number of carbonyl (C=O) groups excluding carboxylic acids is 2. The van der Waals surface area contributed by atoms with Gasteiger partial charge in [0.05, 0.1) is 0 Å². The summed E-state index contributed by atoms with van der Waals surface area (Å²) in [6.45, 7) is 2.00. The van der Waals surface area contributed by atoms with Crippen LogP contribution in [0.5, 0.6) is 0 Å². The van der Waals surface area contributed by atoms with Crippen LogP contribution in [0.3, 0.4) is 0 Å². The number of carbonyl (C=O) groups is 2. The van der Waals surface area contributed by atoms with Gasteiger partial charge in [0.25, 0.3) is 0 Å². The summed E-state index contributed by atoms with van der Waals surface area (Å²) >= 11 is 0. The first kappa shape index (κ1) is 8.67. The molecular weight excluding hydrogens is 164 g/mol. The Morgan fingerprint density at radius 2 is 2.00 bits per heavy atom. The number of hydrogen-bond acceptors (Lipinski definition) is 2. The van der Waals surface area contributed by atoms with Crippen LogP contribution in [-0.2, 0) is 9.59 Å². The fraction of sp³-hybridized carbons (Fsp3) is 0.636. The Morgan fingerprint density at radius 3 is 2.77 bits per heavy atom. The van der Waals surface area contributed by atoms with Crippen molar-refractivity contribution in [3.63, 3.8) is 0 Å². The minimum atomic E-state index is 0.0847. The van der Waals surface area contributed by atoms with E-state index >= 15 is 0 Å². The third-order valence-corrected chi connectivity index (χ3v) is 3.17. The molecule has 2 atom stereocenters. The second kappa shape index (κ2) is 3.09. The van der Waals surface area contributed by atoms with Gasteiger partial charge in [-0.25, -0.2) is 0 Å². The predicted molar refractivity (Wildman–Crippen MR) is 49.2 cm³/mol. The Hall–Kier alpha value is -0.920. The van der Waals surface area contributed by atoms with Crippen LogP contribution < -0.4 is 0 Å². The summed E-state index contributed by atoms with van der Waals surface area (Å²) in [6, 6.07) is 0. The Kier molecular flexibility index (Phi) is 2.06. The zero-order chi connectivity index (χ0) is 9.42. The number of fused-ring (bicyclic) bond motifs is 1. The molecule has 13 heavy (non-hydrogen) atoms. The van der Waals surface area contributed by atoms with Crippen molar-refractivity contribution in [2.75, 3.05) is 0 Å². The molecule has 2 aliphatic carbocycles. The molecule has 2 heteroatoms. The molecular formula is C11H14O2. The van der Waals surface area contributed by atoms with Gasteiger partial charge >= 0.3 is 0 Å². The van der Waals surface area contributed by atoms with Crippen molar-refractivity contribution in [2.45, 2.75) is 32.6 Å². The van der Waals surface area contributed by atoms with Crippen molar-refractivity contribution in [1.82, 2.24) is 0 Å². The Morgan fingerprint density at radius 1 is 1.23 bits per heavy atom. The summed E-state index contributed by atoms with van der Waals surface area (Å²) in [4.78, 5) is 22.8. The molecule has 0 N–H and O–H groups in total. The van der Waals surface area contributed by atoms with Crippen LogP contribution in [0, 0.1) is 11.8 Å². The number of ketones is 2. The van der Waals surface area contributed by atoms with Gasteiger partial charge in [-0.1, -0.05) is 12.5 Å². The average Bonchev–Trinajstić information content (AvgIpc) is 2.12. The zero-order valence-electron chi connectivity index (χ0n) is 7.88. The normalized spacial score (nSPS) is 34.1. The maximum Gasteiger partial charge on any atom is 0.155 e. The molecule has 0 aliphatic heterocycles. The molecule has 0 amide bonds. The molecule has 0 heterocycles. The molecule has 0 aromatic rings. The highest BCUT2D eigenvalue weighted by atomic mass is 16.1. The van der Waals surface area contributed by atoms with E-state index in [2.05, 4.69) is 0 Å². The first-order valence-electron chi connectivity index (χ1n) is 4.95. The maximum absolute atomic E-state index is 11.7. The van der Waals surface area contributed by atoms with E-state index in [0.29, 0.717) is 12.2 Å². The van der Waals surface area contributed by atoms with Crippen molar-refractivity contribution >= 4 is 11.6 Å². The topological polar surface area (TPSA) is 34.1 Å². The van der Waals surface area contributed by atoms with Gasteiger partial charge in [0.1, 0.15) is 5.78 Å². The molecule has 0 aromatic carbocycles. The lowest BCUT2D eigenvalue weighted by Gasteiger charge is -2.30. The predicted octanol–water partition coefficient (Wildman–Crippen LogP) is 1.89. The Bertz CT molecular complexity index is 288. The minimum Gasteiger partial charge on any atom is -0.299 e. The lowest BCUT2D eigenvalue weighted by atomic mass is 9.72. The van der Waals surface area contributed by atoms with E-state index in [1.807, 2.05) is 6.92 Å². The van der Waals surface area contributed by atoms with Crippen LogP contribution in [0.1, 0.15) is 32.6 Å². The van der Waals surface area contributed by atoms with Gasteiger partial charge in [-0.3, -0.25) is 9.59 Å². The first-order chi connectivity index (χ1) is 6.18. The molecule has 0 aromatic heterocycles. The summed E-state index contributed by atoms with van der Waals surface area (Å²) in [5, 5.41) is 0. The van der Waals surface area contributed by atoms with Gasteiger partial charge in [0.15, 0.2) is 5.78 Å². The maximum atomic E-state index is 11.7. The molecule has 0 radical (unpaired) electrons. The van der Waals surface area contributed by atoms with Crippen molar-refractivity contribution < 1.29 is 9.59 Å². The van der Waals surface area contributed by atoms with Crippen molar-refractivity contribution in [1.29, 1.82) is 0 Å². The van der Waals surface area contributed by atoms with Crippen molar-refractivity contribution in [2.24, 2.45) is 11.8 Å². The molecule has 2 nitrogen and oxygen atoms in total. The third kappa shape index (κ3) is 1.45. The lowest BCUT2D eigenvalue weighted by Crippen LogP contribution is -2.31. The summed E-state index contributed by atoms with van der Waals surface area (Å²) < 4.78 is 0. The van der Waals surface area contributed by atoms with E-state index in [1.54, 1.807) is 6.08 Å². The third-order valence-electron chi connectivity index (χ3n) is 3.17. The summed E-state index contributed by atoms with van der Waals surface area (Å²) in [5.74, 6) is 0.843. The van der Waals surface area contributed by atoms with Gasteiger partial charge in [0.2, 0.25) is 0 Å². The fourth-order valence-electron chi connectivity index (χ4n) is 2.29. The highest BCUT2D eigenvalue weighted by Gasteiger charge is 2.34. The monoisotopic (exact) mass is 178 g/mol. The van der Waals surface area contributed by atoms with Crippen LogP contribution in [0.2, 0.25) is 0 Å². The Labute approximate surface area is 78.0 Å². The second-order valence-corrected chi connectivity index (χ2v) is 4.12. The molecule has 0 bridgehead atoms. The number of hydrogen-bond donors (Lipinski definition) is 0. The summed E-state index contributed by atoms with van der Waals surface area (Å²) in [5.41, 5.74) is 1.10. The molecule has 2 unspecified atom stereocenters. The van der Waals surface area contributed by atoms with Gasteiger partial charge in [-0.15, -0.1) is 0 Å².